The van der Waals surface area contributed by atoms with E-state index >= 15 is 0 Å². The Morgan fingerprint density at radius 2 is 1.21 bits per heavy atom. The molecule has 0 unspecified atom stereocenters. The van der Waals surface area contributed by atoms with Gasteiger partial charge in [0, 0.05) is 0 Å². The van der Waals surface area contributed by atoms with Gasteiger partial charge in [0.1, 0.15) is 48.8 Å². The van der Waals surface area contributed by atoms with Gasteiger partial charge >= 0.3 is 0 Å². The van der Waals surface area contributed by atoms with Gasteiger partial charge in [-0.05, 0) is 0 Å². The first-order chi connectivity index (χ1) is 10.8. The zero-order chi connectivity index (χ0) is 17.3. The molecule has 2 saturated heterocycles. The highest BCUT2D eigenvalue weighted by molar-refractivity contribution is 4.91. The van der Waals surface area contributed by atoms with E-state index in [-0.39, 0.29) is 5.48 Å². The van der Waals surface area contributed by atoms with Gasteiger partial charge in [0.05, 0.1) is 13.2 Å². The van der Waals surface area contributed by atoms with Crippen LogP contribution in [0.4, 0.5) is 0 Å². The van der Waals surface area contributed by atoms with E-state index in [1.165, 1.54) is 0 Å². The Morgan fingerprint density at radius 1 is 0.667 bits per heavy atom. The molecule has 0 aromatic carbocycles. The molecule has 10 atom stereocenters. The number of aliphatic hydroxyl groups excluding tert-OH is 8. The monoisotopic (exact) mass is 360 g/mol. The van der Waals surface area contributed by atoms with Gasteiger partial charge in [-0.1, -0.05) is 0 Å². The summed E-state index contributed by atoms with van der Waals surface area (Å²) in [4.78, 5) is 0. The third kappa shape index (κ3) is 4.19. The SMILES string of the molecule is O.OC[C@H]1O[C@H](OC[C@H]2O[C@@H](O)[C@H](O)[C@@H](O)[C@@H]2O)[C@H](O)[C@@H](O)[C@H]1O. The van der Waals surface area contributed by atoms with Gasteiger partial charge in [0.2, 0.25) is 0 Å². The van der Waals surface area contributed by atoms with Gasteiger partial charge in [-0.2, -0.15) is 0 Å². The second-order valence-corrected chi connectivity index (χ2v) is 5.57. The quantitative estimate of drug-likeness (QED) is 0.235. The molecule has 2 rings (SSSR count). The number of hydrogen-bond acceptors (Lipinski definition) is 11. The van der Waals surface area contributed by atoms with Crippen molar-refractivity contribution in [3.8, 4) is 0 Å². The molecule has 0 amide bonds. The lowest BCUT2D eigenvalue weighted by molar-refractivity contribution is -0.325. The summed E-state index contributed by atoms with van der Waals surface area (Å²) in [6.45, 7) is -1.10. The molecule has 12 heteroatoms. The number of ether oxygens (including phenoxy) is 3. The van der Waals surface area contributed by atoms with Crippen LogP contribution in [0.2, 0.25) is 0 Å². The summed E-state index contributed by atoms with van der Waals surface area (Å²) in [5.74, 6) is 0. The summed E-state index contributed by atoms with van der Waals surface area (Å²) >= 11 is 0. The average molecular weight is 360 g/mol. The van der Waals surface area contributed by atoms with Crippen molar-refractivity contribution in [3.63, 3.8) is 0 Å². The molecule has 0 radical (unpaired) electrons. The van der Waals surface area contributed by atoms with Crippen LogP contribution < -0.4 is 0 Å². The first kappa shape index (κ1) is 21.6. The summed E-state index contributed by atoms with van der Waals surface area (Å²) in [6, 6.07) is 0. The molecule has 0 aromatic rings. The fraction of sp³-hybridized carbons (Fsp3) is 1.00. The molecule has 12 nitrogen and oxygen atoms in total. The number of rotatable bonds is 4. The van der Waals surface area contributed by atoms with Crippen molar-refractivity contribution >= 4 is 0 Å². The second-order valence-electron chi connectivity index (χ2n) is 5.57. The summed E-state index contributed by atoms with van der Waals surface area (Å²) in [5.41, 5.74) is 0. The van der Waals surface area contributed by atoms with E-state index in [0.29, 0.717) is 0 Å². The Labute approximate surface area is 136 Å². The van der Waals surface area contributed by atoms with Crippen LogP contribution in [0.15, 0.2) is 0 Å². The lowest BCUT2D eigenvalue weighted by atomic mass is 9.98. The molecule has 2 aliphatic rings. The fourth-order valence-electron chi connectivity index (χ4n) is 2.46. The Morgan fingerprint density at radius 3 is 1.79 bits per heavy atom. The Hall–Kier alpha value is -0.480. The maximum atomic E-state index is 9.78. The fourth-order valence-corrected chi connectivity index (χ4v) is 2.46. The highest BCUT2D eigenvalue weighted by Crippen LogP contribution is 2.24. The third-order valence-corrected chi connectivity index (χ3v) is 3.96. The van der Waals surface area contributed by atoms with Crippen LogP contribution in [0, 0.1) is 0 Å². The van der Waals surface area contributed by atoms with E-state index in [0.717, 1.165) is 0 Å². The van der Waals surface area contributed by atoms with Crippen molar-refractivity contribution in [2.45, 2.75) is 61.4 Å². The normalized spacial score (nSPS) is 49.5. The first-order valence-corrected chi connectivity index (χ1v) is 7.07. The topological polar surface area (TPSA) is 221 Å². The van der Waals surface area contributed by atoms with E-state index < -0.39 is 74.6 Å². The molecule has 2 fully saturated rings. The van der Waals surface area contributed by atoms with Gasteiger partial charge in [-0.3, -0.25) is 0 Å². The zero-order valence-electron chi connectivity index (χ0n) is 12.5. The van der Waals surface area contributed by atoms with Crippen molar-refractivity contribution in [1.29, 1.82) is 0 Å². The Kier molecular flexibility index (Phi) is 7.86. The maximum Gasteiger partial charge on any atom is 0.186 e. The third-order valence-electron chi connectivity index (χ3n) is 3.96. The zero-order valence-corrected chi connectivity index (χ0v) is 12.5. The van der Waals surface area contributed by atoms with Gasteiger partial charge in [-0.25, -0.2) is 0 Å². The molecule has 2 aliphatic heterocycles. The summed E-state index contributed by atoms with van der Waals surface area (Å²) in [6.07, 6.45) is -15.3. The van der Waals surface area contributed by atoms with Crippen molar-refractivity contribution in [2.75, 3.05) is 13.2 Å². The molecule has 10 N–H and O–H groups in total. The van der Waals surface area contributed by atoms with Gasteiger partial charge < -0.3 is 60.5 Å². The number of hydrogen-bond donors (Lipinski definition) is 8. The molecular formula is C12H24O12. The van der Waals surface area contributed by atoms with E-state index in [4.69, 9.17) is 19.3 Å². The highest BCUT2D eigenvalue weighted by atomic mass is 16.7. The van der Waals surface area contributed by atoms with E-state index in [2.05, 4.69) is 0 Å². The van der Waals surface area contributed by atoms with Crippen LogP contribution in [0.25, 0.3) is 0 Å². The van der Waals surface area contributed by atoms with Crippen molar-refractivity contribution in [1.82, 2.24) is 0 Å². The van der Waals surface area contributed by atoms with Crippen molar-refractivity contribution in [3.05, 3.63) is 0 Å². The lowest BCUT2D eigenvalue weighted by Crippen LogP contribution is -2.61. The maximum absolute atomic E-state index is 9.78. The van der Waals surface area contributed by atoms with Crippen LogP contribution in [-0.4, -0.2) is 121 Å². The summed E-state index contributed by atoms with van der Waals surface area (Å²) in [7, 11) is 0. The average Bonchev–Trinajstić information content (AvgIpc) is 2.54. The summed E-state index contributed by atoms with van der Waals surface area (Å²) < 4.78 is 15.1. The molecule has 144 valence electrons. The van der Waals surface area contributed by atoms with Crippen LogP contribution in [0.1, 0.15) is 0 Å². The molecule has 2 heterocycles. The largest absolute Gasteiger partial charge is 0.412 e. The van der Waals surface area contributed by atoms with E-state index in [1.54, 1.807) is 0 Å². The minimum absolute atomic E-state index is 0. The molecule has 0 aromatic heterocycles. The lowest BCUT2D eigenvalue weighted by Gasteiger charge is -2.41. The number of aliphatic hydroxyl groups is 8. The first-order valence-electron chi connectivity index (χ1n) is 7.07. The minimum Gasteiger partial charge on any atom is -0.412 e. The van der Waals surface area contributed by atoms with Crippen molar-refractivity contribution in [2.24, 2.45) is 0 Å². The van der Waals surface area contributed by atoms with E-state index in [1.807, 2.05) is 0 Å². The van der Waals surface area contributed by atoms with Crippen LogP contribution in [0.5, 0.6) is 0 Å². The molecule has 0 aliphatic carbocycles. The van der Waals surface area contributed by atoms with Gasteiger partial charge in [0.15, 0.2) is 12.6 Å². The molecule has 0 spiro atoms. The summed E-state index contributed by atoms with van der Waals surface area (Å²) in [5, 5.41) is 76.1. The molecular weight excluding hydrogens is 336 g/mol. The predicted octanol–water partition coefficient (Wildman–Crippen LogP) is -6.22. The molecule has 0 bridgehead atoms. The van der Waals surface area contributed by atoms with Crippen molar-refractivity contribution < 1.29 is 60.5 Å². The van der Waals surface area contributed by atoms with Gasteiger partial charge in [-0.15, -0.1) is 0 Å². The standard InChI is InChI=1S/C12H22O11.H2O/c13-1-3-5(14)8(17)10(19)12(23-3)21-2-4-6(15)7(16)9(18)11(20)22-4;/h3-20H,1-2H2;1H2/t3-,4-,5+,6-,7+,8+,9-,10-,11-,12+;/m1./s1. The minimum atomic E-state index is -1.74. The van der Waals surface area contributed by atoms with Gasteiger partial charge in [0.25, 0.3) is 0 Å². The predicted molar refractivity (Wildman–Crippen MR) is 72.2 cm³/mol. The second kappa shape index (κ2) is 8.75. The smallest absolute Gasteiger partial charge is 0.186 e. The highest BCUT2D eigenvalue weighted by Gasteiger charge is 2.46. The molecule has 24 heavy (non-hydrogen) atoms. The Bertz CT molecular complexity index is 381. The van der Waals surface area contributed by atoms with E-state index in [9.17, 15) is 35.7 Å². The van der Waals surface area contributed by atoms with Crippen LogP contribution in [-0.2, 0) is 14.2 Å². The Balaban J connectivity index is 0.00000288. The van der Waals surface area contributed by atoms with Crippen LogP contribution in [0.3, 0.4) is 0 Å². The molecule has 0 saturated carbocycles. The van der Waals surface area contributed by atoms with Crippen LogP contribution >= 0.6 is 0 Å².